The third-order valence-electron chi connectivity index (χ3n) is 4.22. The van der Waals surface area contributed by atoms with Crippen LogP contribution in [-0.2, 0) is 23.0 Å². The van der Waals surface area contributed by atoms with Crippen molar-refractivity contribution in [2.75, 3.05) is 10.6 Å². The number of nitrogens with one attached hydrogen (secondary N) is 1. The van der Waals surface area contributed by atoms with Gasteiger partial charge in [-0.15, -0.1) is 0 Å². The van der Waals surface area contributed by atoms with E-state index < -0.39 is 10.0 Å². The van der Waals surface area contributed by atoms with Crippen LogP contribution in [0.1, 0.15) is 28.4 Å². The van der Waals surface area contributed by atoms with E-state index in [-0.39, 0.29) is 17.8 Å². The predicted octanol–water partition coefficient (Wildman–Crippen LogP) is 2.47. The summed E-state index contributed by atoms with van der Waals surface area (Å²) in [6.07, 6.45) is 1.75. The molecule has 5 nitrogen and oxygen atoms in total. The molecule has 7 heteroatoms. The van der Waals surface area contributed by atoms with Crippen molar-refractivity contribution >= 4 is 21.6 Å². The zero-order valence-electron chi connectivity index (χ0n) is 14.0. The molecule has 1 atom stereocenters. The van der Waals surface area contributed by atoms with Gasteiger partial charge < -0.3 is 5.32 Å². The molecule has 0 bridgehead atoms. The second-order valence-corrected chi connectivity index (χ2v) is 8.12. The van der Waals surface area contributed by atoms with Gasteiger partial charge in [-0.05, 0) is 54.8 Å². The molecule has 0 radical (unpaired) electrons. The first-order valence-corrected chi connectivity index (χ1v) is 9.75. The average Bonchev–Trinajstić information content (AvgIpc) is 2.88. The van der Waals surface area contributed by atoms with Crippen LogP contribution in [-0.4, -0.2) is 26.6 Å². The molecule has 2 aromatic rings. The first-order valence-electron chi connectivity index (χ1n) is 7.90. The number of halogens is 1. The zero-order valence-corrected chi connectivity index (χ0v) is 14.8. The first kappa shape index (κ1) is 17.4. The molecule has 3 rings (SSSR count). The van der Waals surface area contributed by atoms with E-state index in [9.17, 15) is 17.6 Å². The summed E-state index contributed by atoms with van der Waals surface area (Å²) in [4.78, 5) is 12.3. The van der Waals surface area contributed by atoms with Crippen molar-refractivity contribution in [1.82, 2.24) is 5.32 Å². The maximum atomic E-state index is 12.9. The highest BCUT2D eigenvalue weighted by molar-refractivity contribution is 7.92. The Kier molecular flexibility index (Phi) is 4.51. The summed E-state index contributed by atoms with van der Waals surface area (Å²) < 4.78 is 38.1. The number of hydrogen-bond donors (Lipinski definition) is 1. The van der Waals surface area contributed by atoms with E-state index in [1.165, 1.54) is 22.7 Å². The summed E-state index contributed by atoms with van der Waals surface area (Å²) in [5.74, 6) is -0.573. The number of carbonyl (C=O) groups excluding carboxylic acids is 1. The summed E-state index contributed by atoms with van der Waals surface area (Å²) in [6.45, 7) is 2.14. The lowest BCUT2D eigenvalue weighted by Crippen LogP contribution is -2.34. The van der Waals surface area contributed by atoms with Crippen molar-refractivity contribution in [3.8, 4) is 0 Å². The molecule has 1 amide bonds. The number of amides is 1. The molecule has 0 aromatic heterocycles. The third-order valence-corrected chi connectivity index (χ3v) is 5.49. The number of anilines is 1. The van der Waals surface area contributed by atoms with E-state index in [1.807, 2.05) is 6.92 Å². The highest BCUT2D eigenvalue weighted by Gasteiger charge is 2.32. The molecule has 1 N–H and O–H groups in total. The van der Waals surface area contributed by atoms with Crippen LogP contribution in [0.3, 0.4) is 0 Å². The van der Waals surface area contributed by atoms with Gasteiger partial charge in [0.05, 0.1) is 11.9 Å². The van der Waals surface area contributed by atoms with Crippen LogP contribution < -0.4 is 9.62 Å². The Morgan fingerprint density at radius 3 is 2.56 bits per heavy atom. The molecule has 1 aliphatic heterocycles. The van der Waals surface area contributed by atoms with Crippen molar-refractivity contribution in [2.24, 2.45) is 0 Å². The lowest BCUT2D eigenvalue weighted by atomic mass is 10.1. The fourth-order valence-corrected chi connectivity index (χ4v) is 4.40. The standard InChI is InChI=1S/C18H19FN2O3S/c1-12-9-15-10-14(5-8-17(15)21(12)25(2,23)24)18(22)20-11-13-3-6-16(19)7-4-13/h3-8,10,12H,9,11H2,1-2H3,(H,20,22)/t12-/m0/s1. The predicted molar refractivity (Wildman–Crippen MR) is 94.5 cm³/mol. The van der Waals surface area contributed by atoms with Crippen LogP contribution in [0.5, 0.6) is 0 Å². The molecular weight excluding hydrogens is 343 g/mol. The van der Waals surface area contributed by atoms with Crippen molar-refractivity contribution < 1.29 is 17.6 Å². The molecule has 0 spiro atoms. The number of hydrogen-bond acceptors (Lipinski definition) is 3. The molecule has 0 saturated carbocycles. The normalized spacial score (nSPS) is 16.6. The number of carbonyl (C=O) groups is 1. The van der Waals surface area contributed by atoms with E-state index in [0.717, 1.165) is 11.1 Å². The first-order chi connectivity index (χ1) is 11.8. The second kappa shape index (κ2) is 6.48. The van der Waals surface area contributed by atoms with Gasteiger partial charge in [0.25, 0.3) is 5.91 Å². The Hall–Kier alpha value is -2.41. The van der Waals surface area contributed by atoms with Crippen LogP contribution >= 0.6 is 0 Å². The fraction of sp³-hybridized carbons (Fsp3) is 0.278. The zero-order chi connectivity index (χ0) is 18.2. The van der Waals surface area contributed by atoms with Crippen LogP contribution in [0.15, 0.2) is 42.5 Å². The summed E-state index contributed by atoms with van der Waals surface area (Å²) in [7, 11) is -3.35. The van der Waals surface area contributed by atoms with Gasteiger partial charge in [0.2, 0.25) is 10.0 Å². The molecule has 0 unspecified atom stereocenters. The van der Waals surface area contributed by atoms with Crippen molar-refractivity contribution in [3.63, 3.8) is 0 Å². The molecule has 2 aromatic carbocycles. The maximum Gasteiger partial charge on any atom is 0.251 e. The van der Waals surface area contributed by atoms with Crippen LogP contribution in [0.25, 0.3) is 0 Å². The summed E-state index contributed by atoms with van der Waals surface area (Å²) in [6, 6.07) is 10.8. The van der Waals surface area contributed by atoms with Gasteiger partial charge in [-0.3, -0.25) is 9.10 Å². The van der Waals surface area contributed by atoms with E-state index in [2.05, 4.69) is 5.32 Å². The number of fused-ring (bicyclic) bond motifs is 1. The van der Waals surface area contributed by atoms with Crippen LogP contribution in [0.2, 0.25) is 0 Å². The SMILES string of the molecule is C[C@H]1Cc2cc(C(=O)NCc3ccc(F)cc3)ccc2N1S(C)(=O)=O. The van der Waals surface area contributed by atoms with Gasteiger partial charge in [0.15, 0.2) is 0 Å². The van der Waals surface area contributed by atoms with Gasteiger partial charge in [-0.25, -0.2) is 12.8 Å². The summed E-state index contributed by atoms with van der Waals surface area (Å²) in [5.41, 5.74) is 2.74. The summed E-state index contributed by atoms with van der Waals surface area (Å²) in [5, 5.41) is 2.79. The number of benzene rings is 2. The smallest absolute Gasteiger partial charge is 0.251 e. The number of rotatable bonds is 4. The Morgan fingerprint density at radius 1 is 1.24 bits per heavy atom. The molecule has 25 heavy (non-hydrogen) atoms. The van der Waals surface area contributed by atoms with Crippen LogP contribution in [0, 0.1) is 5.82 Å². The van der Waals surface area contributed by atoms with Gasteiger partial charge in [-0.1, -0.05) is 12.1 Å². The average molecular weight is 362 g/mol. The Bertz CT molecular complexity index is 910. The fourth-order valence-electron chi connectivity index (χ4n) is 3.14. The van der Waals surface area contributed by atoms with Crippen LogP contribution in [0.4, 0.5) is 10.1 Å². The van der Waals surface area contributed by atoms with Gasteiger partial charge >= 0.3 is 0 Å². The van der Waals surface area contributed by atoms with E-state index in [0.29, 0.717) is 24.2 Å². The molecule has 0 saturated heterocycles. The summed E-state index contributed by atoms with van der Waals surface area (Å²) >= 11 is 0. The minimum Gasteiger partial charge on any atom is -0.348 e. The van der Waals surface area contributed by atoms with Gasteiger partial charge in [-0.2, -0.15) is 0 Å². The second-order valence-electron chi connectivity index (χ2n) is 6.26. The van der Waals surface area contributed by atoms with Crippen molar-refractivity contribution in [3.05, 3.63) is 65.0 Å². The highest BCUT2D eigenvalue weighted by Crippen LogP contribution is 2.34. The molecule has 1 heterocycles. The Morgan fingerprint density at radius 2 is 1.92 bits per heavy atom. The number of sulfonamides is 1. The molecule has 132 valence electrons. The topological polar surface area (TPSA) is 66.5 Å². The maximum absolute atomic E-state index is 12.9. The number of nitrogens with zero attached hydrogens (tertiary/aromatic N) is 1. The molecule has 1 aliphatic rings. The quantitative estimate of drug-likeness (QED) is 0.909. The highest BCUT2D eigenvalue weighted by atomic mass is 32.2. The molecule has 0 fully saturated rings. The van der Waals surface area contributed by atoms with Gasteiger partial charge in [0.1, 0.15) is 5.82 Å². The Balaban J connectivity index is 1.75. The third kappa shape index (κ3) is 3.66. The largest absolute Gasteiger partial charge is 0.348 e. The van der Waals surface area contributed by atoms with E-state index >= 15 is 0 Å². The lowest BCUT2D eigenvalue weighted by molar-refractivity contribution is 0.0951. The molecule has 0 aliphatic carbocycles. The Labute approximate surface area is 146 Å². The minimum absolute atomic E-state index is 0.164. The van der Waals surface area contributed by atoms with Gasteiger partial charge in [0, 0.05) is 18.2 Å². The van der Waals surface area contributed by atoms with Crippen molar-refractivity contribution in [2.45, 2.75) is 25.9 Å². The van der Waals surface area contributed by atoms with E-state index in [1.54, 1.807) is 30.3 Å². The molecular formula is C18H19FN2O3S. The monoisotopic (exact) mass is 362 g/mol. The lowest BCUT2D eigenvalue weighted by Gasteiger charge is -2.21. The minimum atomic E-state index is -3.35. The van der Waals surface area contributed by atoms with Crippen molar-refractivity contribution in [1.29, 1.82) is 0 Å². The van der Waals surface area contributed by atoms with E-state index in [4.69, 9.17) is 0 Å².